The molecular weight excluding hydrogens is 362 g/mol. The minimum atomic E-state index is -0.403. The second-order valence-electron chi connectivity index (χ2n) is 5.56. The predicted molar refractivity (Wildman–Crippen MR) is 89.6 cm³/mol. The van der Waals surface area contributed by atoms with Crippen molar-refractivity contribution in [1.82, 2.24) is 9.78 Å². The van der Waals surface area contributed by atoms with E-state index in [2.05, 4.69) is 26.3 Å². The third-order valence-corrected chi connectivity index (χ3v) is 4.35. The van der Waals surface area contributed by atoms with Crippen LogP contribution in [-0.2, 0) is 4.74 Å². The predicted octanol–water partition coefficient (Wildman–Crippen LogP) is 3.61. The molecule has 1 saturated heterocycles. The van der Waals surface area contributed by atoms with Gasteiger partial charge in [-0.15, -0.1) is 0 Å². The molecule has 1 atom stereocenters. The largest absolute Gasteiger partial charge is 0.504 e. The summed E-state index contributed by atoms with van der Waals surface area (Å²) >= 11 is 3.39. The zero-order valence-corrected chi connectivity index (χ0v) is 14.3. The Kier molecular flexibility index (Phi) is 4.68. The Morgan fingerprint density at radius 3 is 3.00 bits per heavy atom. The minimum absolute atomic E-state index is 0.124. The van der Waals surface area contributed by atoms with Crippen LogP contribution in [0.4, 0.5) is 5.69 Å². The minimum Gasteiger partial charge on any atom is -0.504 e. The van der Waals surface area contributed by atoms with Crippen molar-refractivity contribution in [1.29, 1.82) is 0 Å². The molecule has 1 amide bonds. The smallest absolute Gasteiger partial charge is 0.277 e. The number of carbonyl (C=O) groups is 1. The topological polar surface area (TPSA) is 76.4 Å². The lowest BCUT2D eigenvalue weighted by atomic mass is 10.2. The molecule has 1 unspecified atom stereocenters. The number of rotatable bonds is 3. The van der Waals surface area contributed by atoms with Gasteiger partial charge in [0.25, 0.3) is 5.91 Å². The Hall–Kier alpha value is -1.86. The summed E-state index contributed by atoms with van der Waals surface area (Å²) in [4.78, 5) is 12.6. The lowest BCUT2D eigenvalue weighted by Gasteiger charge is -2.24. The van der Waals surface area contributed by atoms with E-state index in [-0.39, 0.29) is 17.7 Å². The third kappa shape index (κ3) is 3.40. The number of nitrogens with one attached hydrogen (secondary N) is 1. The Morgan fingerprint density at radius 2 is 2.30 bits per heavy atom. The van der Waals surface area contributed by atoms with Crippen molar-refractivity contribution in [2.75, 3.05) is 11.9 Å². The number of amides is 1. The first-order valence-corrected chi connectivity index (χ1v) is 8.31. The lowest BCUT2D eigenvalue weighted by molar-refractivity contribution is -0.0406. The standard InChI is InChI=1S/C16H18BrN3O3/c1-10-8-11(17)5-6-12(10)19-16(22)15-13(21)9-18-20(15)14-4-2-3-7-23-14/h5-6,8-9,14,21H,2-4,7H2,1H3,(H,19,22). The molecule has 3 rings (SSSR count). The maximum atomic E-state index is 12.6. The Labute approximate surface area is 142 Å². The van der Waals surface area contributed by atoms with Crippen molar-refractivity contribution in [3.8, 4) is 5.75 Å². The maximum absolute atomic E-state index is 12.6. The number of halogens is 1. The number of carbonyl (C=O) groups excluding carboxylic acids is 1. The Bertz CT molecular complexity index is 723. The van der Waals surface area contributed by atoms with E-state index in [1.54, 1.807) is 0 Å². The number of nitrogens with zero attached hydrogens (tertiary/aromatic N) is 2. The highest BCUT2D eigenvalue weighted by molar-refractivity contribution is 9.10. The Morgan fingerprint density at radius 1 is 1.48 bits per heavy atom. The van der Waals surface area contributed by atoms with Crippen LogP contribution in [0.15, 0.2) is 28.9 Å². The first-order valence-electron chi connectivity index (χ1n) is 7.52. The van der Waals surface area contributed by atoms with Gasteiger partial charge in [-0.1, -0.05) is 15.9 Å². The number of benzene rings is 1. The second-order valence-corrected chi connectivity index (χ2v) is 6.47. The molecule has 23 heavy (non-hydrogen) atoms. The highest BCUT2D eigenvalue weighted by atomic mass is 79.9. The maximum Gasteiger partial charge on any atom is 0.277 e. The molecule has 122 valence electrons. The van der Waals surface area contributed by atoms with E-state index in [0.717, 1.165) is 29.3 Å². The summed E-state index contributed by atoms with van der Waals surface area (Å²) in [6.07, 6.45) is 3.76. The zero-order chi connectivity index (χ0) is 16.4. The average molecular weight is 380 g/mol. The summed E-state index contributed by atoms with van der Waals surface area (Å²) in [5, 5.41) is 17.0. The van der Waals surface area contributed by atoms with E-state index in [9.17, 15) is 9.90 Å². The van der Waals surface area contributed by atoms with Gasteiger partial charge in [-0.3, -0.25) is 4.79 Å². The normalized spacial score (nSPS) is 17.9. The number of hydrogen-bond acceptors (Lipinski definition) is 4. The fourth-order valence-corrected chi connectivity index (χ4v) is 3.13. The van der Waals surface area contributed by atoms with E-state index in [1.807, 2.05) is 25.1 Å². The average Bonchev–Trinajstić information content (AvgIpc) is 2.93. The molecule has 2 N–H and O–H groups in total. The van der Waals surface area contributed by atoms with Gasteiger partial charge in [0, 0.05) is 16.8 Å². The van der Waals surface area contributed by atoms with Gasteiger partial charge in [0.1, 0.15) is 0 Å². The summed E-state index contributed by atoms with van der Waals surface area (Å²) in [6.45, 7) is 2.54. The molecule has 0 bridgehead atoms. The summed E-state index contributed by atoms with van der Waals surface area (Å²) in [5.41, 5.74) is 1.74. The first kappa shape index (κ1) is 16.0. The molecule has 7 heteroatoms. The van der Waals surface area contributed by atoms with E-state index >= 15 is 0 Å². The SMILES string of the molecule is Cc1cc(Br)ccc1NC(=O)c1c(O)cnn1C1CCCCO1. The first-order chi connectivity index (χ1) is 11.1. The van der Waals surface area contributed by atoms with Gasteiger partial charge < -0.3 is 15.2 Å². The number of ether oxygens (including phenoxy) is 1. The van der Waals surface area contributed by atoms with E-state index in [4.69, 9.17) is 4.74 Å². The van der Waals surface area contributed by atoms with Crippen molar-refractivity contribution in [2.24, 2.45) is 0 Å². The van der Waals surface area contributed by atoms with Crippen molar-refractivity contribution in [2.45, 2.75) is 32.4 Å². The van der Waals surface area contributed by atoms with Crippen LogP contribution in [0.2, 0.25) is 0 Å². The van der Waals surface area contributed by atoms with Gasteiger partial charge in [-0.25, -0.2) is 4.68 Å². The van der Waals surface area contributed by atoms with Gasteiger partial charge >= 0.3 is 0 Å². The molecule has 0 saturated carbocycles. The van der Waals surface area contributed by atoms with Crippen molar-refractivity contribution >= 4 is 27.5 Å². The highest BCUT2D eigenvalue weighted by Crippen LogP contribution is 2.28. The van der Waals surface area contributed by atoms with Crippen molar-refractivity contribution in [3.05, 3.63) is 40.1 Å². The van der Waals surface area contributed by atoms with E-state index in [1.165, 1.54) is 10.9 Å². The monoisotopic (exact) mass is 379 g/mol. The van der Waals surface area contributed by atoms with E-state index in [0.29, 0.717) is 12.3 Å². The number of aryl methyl sites for hydroxylation is 1. The lowest BCUT2D eigenvalue weighted by Crippen LogP contribution is -2.25. The number of anilines is 1. The van der Waals surface area contributed by atoms with Crippen LogP contribution >= 0.6 is 15.9 Å². The van der Waals surface area contributed by atoms with Gasteiger partial charge in [-0.2, -0.15) is 5.10 Å². The van der Waals surface area contributed by atoms with Crippen LogP contribution in [0, 0.1) is 6.92 Å². The number of hydrogen-bond donors (Lipinski definition) is 2. The Balaban J connectivity index is 1.85. The van der Waals surface area contributed by atoms with Gasteiger partial charge in [0.15, 0.2) is 17.7 Å². The van der Waals surface area contributed by atoms with Crippen LogP contribution in [0.1, 0.15) is 41.5 Å². The van der Waals surface area contributed by atoms with Gasteiger partial charge in [0.05, 0.1) is 6.20 Å². The molecule has 1 aromatic carbocycles. The molecule has 1 fully saturated rings. The quantitative estimate of drug-likeness (QED) is 0.853. The number of aromatic nitrogens is 2. The molecule has 1 aliphatic rings. The molecule has 1 aliphatic heterocycles. The van der Waals surface area contributed by atoms with Crippen LogP contribution in [0.5, 0.6) is 5.75 Å². The molecule has 6 nitrogen and oxygen atoms in total. The fourth-order valence-electron chi connectivity index (χ4n) is 2.66. The highest BCUT2D eigenvalue weighted by Gasteiger charge is 2.26. The molecule has 0 radical (unpaired) electrons. The summed E-state index contributed by atoms with van der Waals surface area (Å²) in [7, 11) is 0. The zero-order valence-electron chi connectivity index (χ0n) is 12.8. The molecule has 1 aromatic heterocycles. The van der Waals surface area contributed by atoms with Crippen LogP contribution in [0.3, 0.4) is 0 Å². The summed E-state index contributed by atoms with van der Waals surface area (Å²) < 4.78 is 8.07. The van der Waals surface area contributed by atoms with Gasteiger partial charge in [0.2, 0.25) is 0 Å². The molecule has 0 spiro atoms. The van der Waals surface area contributed by atoms with Crippen LogP contribution in [0.25, 0.3) is 0 Å². The second kappa shape index (κ2) is 6.72. The van der Waals surface area contributed by atoms with Crippen LogP contribution in [-0.4, -0.2) is 27.4 Å². The fraction of sp³-hybridized carbons (Fsp3) is 0.375. The van der Waals surface area contributed by atoms with E-state index < -0.39 is 5.91 Å². The molecule has 2 aromatic rings. The van der Waals surface area contributed by atoms with Crippen molar-refractivity contribution in [3.63, 3.8) is 0 Å². The molecule has 2 heterocycles. The van der Waals surface area contributed by atoms with Gasteiger partial charge in [-0.05, 0) is 49.9 Å². The third-order valence-electron chi connectivity index (χ3n) is 3.86. The summed E-state index contributed by atoms with van der Waals surface area (Å²) in [6, 6.07) is 5.58. The van der Waals surface area contributed by atoms with Crippen LogP contribution < -0.4 is 5.32 Å². The molecular formula is C16H18BrN3O3. The number of aromatic hydroxyl groups is 1. The summed E-state index contributed by atoms with van der Waals surface area (Å²) in [5.74, 6) is -0.550. The van der Waals surface area contributed by atoms with Crippen molar-refractivity contribution < 1.29 is 14.6 Å². The molecule has 0 aliphatic carbocycles.